The molecule has 0 unspecified atom stereocenters. The van der Waals surface area contributed by atoms with Gasteiger partial charge >= 0.3 is 0 Å². The van der Waals surface area contributed by atoms with Gasteiger partial charge in [0, 0.05) is 11.7 Å². The van der Waals surface area contributed by atoms with Gasteiger partial charge in [-0.2, -0.15) is 0 Å². The van der Waals surface area contributed by atoms with E-state index in [9.17, 15) is 4.79 Å². The van der Waals surface area contributed by atoms with E-state index in [4.69, 9.17) is 5.73 Å². The molecule has 1 heterocycles. The summed E-state index contributed by atoms with van der Waals surface area (Å²) >= 11 is 3.28. The summed E-state index contributed by atoms with van der Waals surface area (Å²) in [5, 5.41) is 2.83. The maximum absolute atomic E-state index is 12.2. The number of pyridine rings is 1. The smallest absolute Gasteiger partial charge is 0.231 e. The number of nitrogens with two attached hydrogens (primary N) is 1. The number of carbonyl (C=O) groups is 1. The molecule has 94 valence electrons. The van der Waals surface area contributed by atoms with Crippen molar-refractivity contribution in [2.45, 2.75) is 33.2 Å². The number of carbonyl (C=O) groups excluding carboxylic acids is 1. The third-order valence-corrected chi connectivity index (χ3v) is 3.82. The van der Waals surface area contributed by atoms with Crippen LogP contribution in [0.4, 0.5) is 5.69 Å². The fourth-order valence-corrected chi connectivity index (χ4v) is 1.40. The van der Waals surface area contributed by atoms with Gasteiger partial charge in [-0.25, -0.2) is 4.98 Å². The topological polar surface area (TPSA) is 68.0 Å². The van der Waals surface area contributed by atoms with Crippen molar-refractivity contribution in [2.75, 3.05) is 5.32 Å². The van der Waals surface area contributed by atoms with Gasteiger partial charge in [-0.1, -0.05) is 0 Å². The van der Waals surface area contributed by atoms with Gasteiger partial charge in [0.2, 0.25) is 5.91 Å². The predicted octanol–water partition coefficient (Wildman–Crippen LogP) is 2.55. The SMILES string of the molecule is CC(C)(N)C(C)(C)C(=O)Nc1cccnc1Br. The lowest BCUT2D eigenvalue weighted by atomic mass is 9.74. The molecule has 0 saturated heterocycles. The Labute approximate surface area is 110 Å². The molecule has 0 bridgehead atoms. The average Bonchev–Trinajstić information content (AvgIpc) is 2.19. The third kappa shape index (κ3) is 3.04. The zero-order valence-corrected chi connectivity index (χ0v) is 12.1. The first-order chi connectivity index (χ1) is 7.66. The van der Waals surface area contributed by atoms with Crippen LogP contribution in [-0.2, 0) is 4.79 Å². The number of anilines is 1. The predicted molar refractivity (Wildman–Crippen MR) is 72.6 cm³/mol. The zero-order chi connectivity index (χ0) is 13.3. The summed E-state index contributed by atoms with van der Waals surface area (Å²) < 4.78 is 0.610. The monoisotopic (exact) mass is 299 g/mol. The van der Waals surface area contributed by atoms with Crippen LogP contribution in [0.15, 0.2) is 22.9 Å². The maximum atomic E-state index is 12.2. The van der Waals surface area contributed by atoms with Crippen LogP contribution in [0.1, 0.15) is 27.7 Å². The molecule has 3 N–H and O–H groups in total. The van der Waals surface area contributed by atoms with Gasteiger partial charge in [0.05, 0.1) is 11.1 Å². The summed E-state index contributed by atoms with van der Waals surface area (Å²) in [6.45, 7) is 7.33. The lowest BCUT2D eigenvalue weighted by Crippen LogP contribution is -2.53. The van der Waals surface area contributed by atoms with Gasteiger partial charge in [0.25, 0.3) is 0 Å². The number of nitrogens with zero attached hydrogens (tertiary/aromatic N) is 1. The summed E-state index contributed by atoms with van der Waals surface area (Å²) in [5.41, 5.74) is 5.38. The van der Waals surface area contributed by atoms with Crippen LogP contribution in [0.5, 0.6) is 0 Å². The van der Waals surface area contributed by atoms with Crippen molar-refractivity contribution in [3.63, 3.8) is 0 Å². The standard InChI is InChI=1S/C12H18BrN3O/c1-11(2,12(3,4)14)10(17)16-8-6-5-7-15-9(8)13/h5-7H,14H2,1-4H3,(H,16,17). The number of nitrogens with one attached hydrogen (secondary N) is 1. The molecule has 0 aliphatic heterocycles. The van der Waals surface area contributed by atoms with E-state index in [0.717, 1.165) is 0 Å². The minimum Gasteiger partial charge on any atom is -0.325 e. The van der Waals surface area contributed by atoms with E-state index >= 15 is 0 Å². The number of amides is 1. The molecule has 0 atom stereocenters. The second kappa shape index (κ2) is 4.74. The molecular weight excluding hydrogens is 282 g/mol. The highest BCUT2D eigenvalue weighted by molar-refractivity contribution is 9.10. The van der Waals surface area contributed by atoms with Crippen LogP contribution in [0, 0.1) is 5.41 Å². The number of halogens is 1. The molecular formula is C12H18BrN3O. The Morgan fingerprint density at radius 3 is 2.47 bits per heavy atom. The zero-order valence-electron chi connectivity index (χ0n) is 10.5. The molecule has 1 aromatic heterocycles. The van der Waals surface area contributed by atoms with Crippen molar-refractivity contribution in [2.24, 2.45) is 11.1 Å². The molecule has 5 heteroatoms. The quantitative estimate of drug-likeness (QED) is 0.843. The Morgan fingerprint density at radius 2 is 2.00 bits per heavy atom. The molecule has 1 aromatic rings. The van der Waals surface area contributed by atoms with Crippen molar-refractivity contribution in [3.8, 4) is 0 Å². The van der Waals surface area contributed by atoms with Crippen molar-refractivity contribution in [1.29, 1.82) is 0 Å². The molecule has 0 radical (unpaired) electrons. The van der Waals surface area contributed by atoms with Crippen molar-refractivity contribution in [3.05, 3.63) is 22.9 Å². The van der Waals surface area contributed by atoms with Crippen LogP contribution >= 0.6 is 15.9 Å². The van der Waals surface area contributed by atoms with Gasteiger partial charge in [-0.3, -0.25) is 4.79 Å². The van der Waals surface area contributed by atoms with E-state index in [1.807, 2.05) is 27.7 Å². The van der Waals surface area contributed by atoms with Gasteiger partial charge in [-0.15, -0.1) is 0 Å². The van der Waals surface area contributed by atoms with E-state index in [1.54, 1.807) is 18.3 Å². The number of aromatic nitrogens is 1. The summed E-state index contributed by atoms with van der Waals surface area (Å²) in [6.07, 6.45) is 1.65. The molecule has 0 aliphatic rings. The summed E-state index contributed by atoms with van der Waals surface area (Å²) in [6, 6.07) is 3.55. The van der Waals surface area contributed by atoms with Crippen molar-refractivity contribution in [1.82, 2.24) is 4.98 Å². The molecule has 4 nitrogen and oxygen atoms in total. The van der Waals surface area contributed by atoms with E-state index in [2.05, 4.69) is 26.2 Å². The molecule has 0 aromatic carbocycles. The summed E-state index contributed by atoms with van der Waals surface area (Å²) in [7, 11) is 0. The van der Waals surface area contributed by atoms with Crippen molar-refractivity contribution < 1.29 is 4.79 Å². The van der Waals surface area contributed by atoms with Gasteiger partial charge in [0.15, 0.2) is 0 Å². The largest absolute Gasteiger partial charge is 0.325 e. The van der Waals surface area contributed by atoms with Crippen LogP contribution in [0.25, 0.3) is 0 Å². The second-order valence-electron chi connectivity index (χ2n) is 5.14. The number of rotatable bonds is 3. The van der Waals surface area contributed by atoms with E-state index in [1.165, 1.54) is 0 Å². The lowest BCUT2D eigenvalue weighted by molar-refractivity contribution is -0.126. The van der Waals surface area contributed by atoms with Gasteiger partial charge in [0.1, 0.15) is 4.60 Å². The normalized spacial score (nSPS) is 12.4. The minimum absolute atomic E-state index is 0.126. The molecule has 1 amide bonds. The number of hydrogen-bond acceptors (Lipinski definition) is 3. The third-order valence-electron chi connectivity index (χ3n) is 3.19. The van der Waals surface area contributed by atoms with E-state index in [-0.39, 0.29) is 5.91 Å². The van der Waals surface area contributed by atoms with E-state index in [0.29, 0.717) is 10.3 Å². The van der Waals surface area contributed by atoms with E-state index < -0.39 is 11.0 Å². The van der Waals surface area contributed by atoms with Crippen LogP contribution in [0.2, 0.25) is 0 Å². The van der Waals surface area contributed by atoms with Crippen LogP contribution in [0.3, 0.4) is 0 Å². The Balaban J connectivity index is 2.91. The maximum Gasteiger partial charge on any atom is 0.231 e. The summed E-state index contributed by atoms with van der Waals surface area (Å²) in [5.74, 6) is -0.126. The van der Waals surface area contributed by atoms with Crippen molar-refractivity contribution >= 4 is 27.5 Å². The molecule has 1 rings (SSSR count). The summed E-state index contributed by atoms with van der Waals surface area (Å²) in [4.78, 5) is 16.2. The number of hydrogen-bond donors (Lipinski definition) is 2. The van der Waals surface area contributed by atoms with Crippen LogP contribution < -0.4 is 11.1 Å². The first kappa shape index (κ1) is 14.1. The highest BCUT2D eigenvalue weighted by Crippen LogP contribution is 2.30. The highest BCUT2D eigenvalue weighted by atomic mass is 79.9. The van der Waals surface area contributed by atoms with Gasteiger partial charge < -0.3 is 11.1 Å². The fourth-order valence-electron chi connectivity index (χ4n) is 1.05. The highest BCUT2D eigenvalue weighted by Gasteiger charge is 2.40. The molecule has 0 aliphatic carbocycles. The first-order valence-corrected chi connectivity index (χ1v) is 6.16. The Kier molecular flexibility index (Phi) is 3.94. The fraction of sp³-hybridized carbons (Fsp3) is 0.500. The molecule has 0 fully saturated rings. The Bertz CT molecular complexity index is 424. The Hall–Kier alpha value is -0.940. The van der Waals surface area contributed by atoms with Gasteiger partial charge in [-0.05, 0) is 55.8 Å². The first-order valence-electron chi connectivity index (χ1n) is 5.37. The Morgan fingerprint density at radius 1 is 1.41 bits per heavy atom. The molecule has 0 saturated carbocycles. The average molecular weight is 300 g/mol. The molecule has 0 spiro atoms. The minimum atomic E-state index is -0.678. The second-order valence-corrected chi connectivity index (χ2v) is 5.89. The van der Waals surface area contributed by atoms with Crippen LogP contribution in [-0.4, -0.2) is 16.4 Å². The molecule has 17 heavy (non-hydrogen) atoms. The lowest BCUT2D eigenvalue weighted by Gasteiger charge is -2.36.